The van der Waals surface area contributed by atoms with Crippen molar-refractivity contribution in [3.63, 3.8) is 0 Å². The van der Waals surface area contributed by atoms with Crippen molar-refractivity contribution in [2.75, 3.05) is 19.9 Å². The minimum Gasteiger partial charge on any atom is -0.481 e. The van der Waals surface area contributed by atoms with Gasteiger partial charge in [-0.05, 0) is 0 Å². The molecule has 0 saturated carbocycles. The predicted octanol–water partition coefficient (Wildman–Crippen LogP) is 0.701. The van der Waals surface area contributed by atoms with Gasteiger partial charge in [-0.3, -0.25) is 9.59 Å². The number of aliphatic carboxylic acids is 1. The fraction of sp³-hybridized carbons (Fsp3) is 0.750. The molecule has 4 N–H and O–H groups in total. The number of amides is 1. The van der Waals surface area contributed by atoms with Gasteiger partial charge in [-0.25, -0.2) is 0 Å². The van der Waals surface area contributed by atoms with Crippen molar-refractivity contribution >= 4 is 11.9 Å². The second kappa shape index (κ2) is 10.9. The molecule has 3 aliphatic rings. The lowest BCUT2D eigenvalue weighted by Crippen LogP contribution is -2.45. The van der Waals surface area contributed by atoms with Gasteiger partial charge >= 0.3 is 5.97 Å². The third kappa shape index (κ3) is 5.58. The van der Waals surface area contributed by atoms with Crippen molar-refractivity contribution in [2.45, 2.75) is 59.2 Å². The number of carbonyl (C=O) groups is 2. The molecular formula is C16H30N4O5. The number of carboxylic acids is 1. The molecule has 0 aromatic carbocycles. The quantitative estimate of drug-likeness (QED) is 0.583. The lowest BCUT2D eigenvalue weighted by atomic mass is 10.0. The van der Waals surface area contributed by atoms with Crippen LogP contribution in [0.4, 0.5) is 0 Å². The monoisotopic (exact) mass is 358 g/mol. The highest BCUT2D eigenvalue weighted by atomic mass is 16.7. The summed E-state index contributed by atoms with van der Waals surface area (Å²) < 4.78 is 11.1. The maximum absolute atomic E-state index is 12.1. The van der Waals surface area contributed by atoms with E-state index in [2.05, 4.69) is 16.4 Å². The first-order chi connectivity index (χ1) is 12.1. The Bertz CT molecular complexity index is 483. The van der Waals surface area contributed by atoms with E-state index >= 15 is 0 Å². The summed E-state index contributed by atoms with van der Waals surface area (Å²) in [6.07, 6.45) is -0.0175. The van der Waals surface area contributed by atoms with E-state index in [-0.39, 0.29) is 37.7 Å². The molecule has 0 radical (unpaired) electrons. The molecule has 0 aliphatic carbocycles. The Labute approximate surface area is 148 Å². The highest BCUT2D eigenvalue weighted by Gasteiger charge is 2.39. The first-order valence-electron chi connectivity index (χ1n) is 8.88. The number of hydrogen-bond acceptors (Lipinski definition) is 7. The van der Waals surface area contributed by atoms with Crippen LogP contribution < -0.4 is 16.4 Å². The van der Waals surface area contributed by atoms with E-state index in [9.17, 15) is 9.59 Å². The summed E-state index contributed by atoms with van der Waals surface area (Å²) >= 11 is 0. The number of hydrogen-bond donors (Lipinski definition) is 4. The predicted molar refractivity (Wildman–Crippen MR) is 91.8 cm³/mol. The van der Waals surface area contributed by atoms with Crippen LogP contribution in [0.2, 0.25) is 0 Å². The SMILES string of the molecule is CC.CC.O=C(O)CCC(=O)N1CCC2=C(NNN2)[C@@H]2OCO[C@H]2C1. The normalized spacial score (nSPS) is 24.1. The van der Waals surface area contributed by atoms with Crippen LogP contribution in [0.1, 0.15) is 47.0 Å². The average molecular weight is 358 g/mol. The van der Waals surface area contributed by atoms with Crippen LogP contribution in [-0.4, -0.2) is 54.0 Å². The molecule has 25 heavy (non-hydrogen) atoms. The van der Waals surface area contributed by atoms with Gasteiger partial charge in [0.05, 0.1) is 17.8 Å². The minimum atomic E-state index is -0.968. The van der Waals surface area contributed by atoms with Crippen LogP contribution in [0.3, 0.4) is 0 Å². The zero-order chi connectivity index (χ0) is 18.8. The van der Waals surface area contributed by atoms with E-state index in [4.69, 9.17) is 14.6 Å². The highest BCUT2D eigenvalue weighted by Crippen LogP contribution is 2.26. The summed E-state index contributed by atoms with van der Waals surface area (Å²) in [4.78, 5) is 24.4. The second-order valence-corrected chi connectivity index (χ2v) is 5.16. The molecule has 0 spiro atoms. The Morgan fingerprint density at radius 3 is 2.56 bits per heavy atom. The number of nitrogens with one attached hydrogen (secondary N) is 3. The Balaban J connectivity index is 0.000000730. The van der Waals surface area contributed by atoms with E-state index in [1.54, 1.807) is 4.90 Å². The van der Waals surface area contributed by atoms with E-state index in [0.717, 1.165) is 11.4 Å². The molecule has 3 aliphatic heterocycles. The Hall–Kier alpha value is -1.84. The molecule has 0 aromatic rings. The van der Waals surface area contributed by atoms with Gasteiger partial charge in [0.1, 0.15) is 19.0 Å². The fourth-order valence-corrected chi connectivity index (χ4v) is 2.72. The summed E-state index contributed by atoms with van der Waals surface area (Å²) in [5, 5.41) is 8.69. The van der Waals surface area contributed by atoms with Crippen LogP contribution in [0.25, 0.3) is 0 Å². The van der Waals surface area contributed by atoms with Gasteiger partial charge in [0, 0.05) is 25.9 Å². The van der Waals surface area contributed by atoms with Crippen LogP contribution in [-0.2, 0) is 19.1 Å². The van der Waals surface area contributed by atoms with Crippen molar-refractivity contribution in [1.29, 1.82) is 0 Å². The van der Waals surface area contributed by atoms with Gasteiger partial charge in [0.2, 0.25) is 5.91 Å². The van der Waals surface area contributed by atoms with E-state index in [1.807, 2.05) is 27.7 Å². The van der Waals surface area contributed by atoms with Gasteiger partial charge in [0.15, 0.2) is 0 Å². The van der Waals surface area contributed by atoms with Crippen LogP contribution >= 0.6 is 0 Å². The third-order valence-electron chi connectivity index (χ3n) is 3.83. The fourth-order valence-electron chi connectivity index (χ4n) is 2.72. The molecular weight excluding hydrogens is 328 g/mol. The van der Waals surface area contributed by atoms with Crippen molar-refractivity contribution < 1.29 is 24.2 Å². The molecule has 0 unspecified atom stereocenters. The number of nitrogens with zero attached hydrogens (tertiary/aromatic N) is 1. The van der Waals surface area contributed by atoms with Crippen LogP contribution in [0, 0.1) is 0 Å². The first kappa shape index (κ1) is 21.2. The smallest absolute Gasteiger partial charge is 0.303 e. The summed E-state index contributed by atoms with van der Waals surface area (Å²) in [5.41, 5.74) is 10.7. The summed E-state index contributed by atoms with van der Waals surface area (Å²) in [7, 11) is 0. The molecule has 1 saturated heterocycles. The molecule has 1 fully saturated rings. The molecule has 0 aromatic heterocycles. The van der Waals surface area contributed by atoms with Crippen LogP contribution in [0.5, 0.6) is 0 Å². The minimum absolute atomic E-state index is 0.00338. The van der Waals surface area contributed by atoms with Crippen molar-refractivity contribution in [1.82, 2.24) is 21.3 Å². The standard InChI is InChI=1S/C12H18N4O5.2C2H6/c17-9(1-2-10(18)19)16-4-3-7-11(14-15-13-7)12-8(5-16)20-6-21-12;2*1-2/h8,12-15H,1-6H2,(H,18,19);2*1-2H3/t8-,12+;;/m0../s1. The molecule has 2 atom stereocenters. The lowest BCUT2D eigenvalue weighted by Gasteiger charge is -2.30. The number of carbonyl (C=O) groups excluding carboxylic acids is 1. The summed E-state index contributed by atoms with van der Waals surface area (Å²) in [5.74, 6) is -1.14. The van der Waals surface area contributed by atoms with Crippen LogP contribution in [0.15, 0.2) is 11.4 Å². The van der Waals surface area contributed by atoms with Crippen molar-refractivity contribution in [2.24, 2.45) is 0 Å². The topological polar surface area (TPSA) is 112 Å². The van der Waals surface area contributed by atoms with Crippen molar-refractivity contribution in [3.8, 4) is 0 Å². The van der Waals surface area contributed by atoms with Gasteiger partial charge in [-0.2, -0.15) is 5.53 Å². The zero-order valence-electron chi connectivity index (χ0n) is 15.4. The maximum atomic E-state index is 12.1. The maximum Gasteiger partial charge on any atom is 0.303 e. The molecule has 3 heterocycles. The molecule has 144 valence electrons. The Morgan fingerprint density at radius 1 is 1.16 bits per heavy atom. The second-order valence-electron chi connectivity index (χ2n) is 5.16. The molecule has 3 rings (SSSR count). The first-order valence-corrected chi connectivity index (χ1v) is 8.88. The molecule has 0 bridgehead atoms. The summed E-state index contributed by atoms with van der Waals surface area (Å²) in [6, 6.07) is 0. The summed E-state index contributed by atoms with van der Waals surface area (Å²) in [6.45, 7) is 9.10. The number of hydrazine groups is 2. The number of carboxylic acid groups (broad SMARTS) is 1. The Kier molecular flexibility index (Phi) is 9.25. The van der Waals surface area contributed by atoms with Gasteiger partial charge in [-0.1, -0.05) is 27.7 Å². The van der Waals surface area contributed by atoms with Gasteiger partial charge in [0.25, 0.3) is 0 Å². The Morgan fingerprint density at radius 2 is 1.88 bits per heavy atom. The molecule has 1 amide bonds. The highest BCUT2D eigenvalue weighted by molar-refractivity contribution is 5.80. The lowest BCUT2D eigenvalue weighted by molar-refractivity contribution is -0.141. The number of fused-ring (bicyclic) bond motifs is 2. The molecule has 9 heteroatoms. The third-order valence-corrected chi connectivity index (χ3v) is 3.83. The van der Waals surface area contributed by atoms with Crippen molar-refractivity contribution in [3.05, 3.63) is 11.4 Å². The number of rotatable bonds is 3. The zero-order valence-corrected chi connectivity index (χ0v) is 15.4. The van der Waals surface area contributed by atoms with E-state index in [0.29, 0.717) is 19.5 Å². The van der Waals surface area contributed by atoms with Gasteiger partial charge in [-0.15, -0.1) is 0 Å². The van der Waals surface area contributed by atoms with E-state index < -0.39 is 5.97 Å². The largest absolute Gasteiger partial charge is 0.481 e. The average Bonchev–Trinajstić information content (AvgIpc) is 3.26. The number of ether oxygens (including phenoxy) is 2. The molecule has 9 nitrogen and oxygen atoms in total. The van der Waals surface area contributed by atoms with E-state index in [1.165, 1.54) is 0 Å². The van der Waals surface area contributed by atoms with Gasteiger partial charge < -0.3 is 30.3 Å².